The predicted molar refractivity (Wildman–Crippen MR) is 41.5 cm³/mol. The first-order valence-electron chi connectivity index (χ1n) is 3.46. The van der Waals surface area contributed by atoms with Gasteiger partial charge in [0.25, 0.3) is 5.82 Å². The summed E-state index contributed by atoms with van der Waals surface area (Å²) >= 11 is 0. The second kappa shape index (κ2) is 4.34. The predicted octanol–water partition coefficient (Wildman–Crippen LogP) is -1.47. The minimum atomic E-state index is 0. The number of aromatic amines is 1. The molecule has 0 aliphatic carbocycles. The van der Waals surface area contributed by atoms with Crippen LogP contribution in [-0.4, -0.2) is 4.98 Å². The van der Waals surface area contributed by atoms with E-state index in [1.165, 1.54) is 0 Å². The van der Waals surface area contributed by atoms with E-state index in [1.54, 1.807) is 0 Å². The van der Waals surface area contributed by atoms with E-state index in [1.807, 2.05) is 18.5 Å². The molecule has 1 heterocycles. The summed E-state index contributed by atoms with van der Waals surface area (Å²) in [6.07, 6.45) is 5.75. The molecule has 0 spiro atoms. The monoisotopic (exact) mass is 216 g/mol. The highest BCUT2D eigenvalue weighted by Gasteiger charge is 2.08. The number of aromatic nitrogens is 2. The molecule has 0 unspecified atom stereocenters. The van der Waals surface area contributed by atoms with Gasteiger partial charge >= 0.3 is 0 Å². The lowest BCUT2D eigenvalue weighted by Gasteiger charge is -1.99. The zero-order valence-electron chi connectivity index (χ0n) is 6.84. The number of nitrogens with zero attached hydrogens (tertiary/aromatic N) is 1. The molecule has 0 fully saturated rings. The van der Waals surface area contributed by atoms with E-state index in [-0.39, 0.29) is 17.0 Å². The van der Waals surface area contributed by atoms with Gasteiger partial charge in [-0.2, -0.15) is 0 Å². The van der Waals surface area contributed by atoms with Gasteiger partial charge in [0.1, 0.15) is 12.4 Å². The summed E-state index contributed by atoms with van der Waals surface area (Å²) in [7, 11) is 0. The van der Waals surface area contributed by atoms with Crippen LogP contribution in [0.25, 0.3) is 6.08 Å². The SMILES string of the molecule is C=Cc1[nH]cc[n+]1C(C)C.[Br-]. The van der Waals surface area contributed by atoms with E-state index in [0.717, 1.165) is 5.82 Å². The standard InChI is InChI=1S/C8H12N2.BrH/c1-4-8-9-5-6-10(8)7(2)3;/h4-7H,1H2,2-3H3;1H. The number of halogens is 1. The zero-order chi connectivity index (χ0) is 7.56. The summed E-state index contributed by atoms with van der Waals surface area (Å²) < 4.78 is 2.13. The first-order valence-corrected chi connectivity index (χ1v) is 3.46. The summed E-state index contributed by atoms with van der Waals surface area (Å²) in [5.41, 5.74) is 0. The van der Waals surface area contributed by atoms with Crippen molar-refractivity contribution < 1.29 is 21.5 Å². The van der Waals surface area contributed by atoms with Crippen LogP contribution in [0.15, 0.2) is 19.0 Å². The lowest BCUT2D eigenvalue weighted by Crippen LogP contribution is -3.00. The van der Waals surface area contributed by atoms with E-state index in [0.29, 0.717) is 6.04 Å². The van der Waals surface area contributed by atoms with Crippen molar-refractivity contribution in [3.8, 4) is 0 Å². The molecule has 1 aromatic heterocycles. The van der Waals surface area contributed by atoms with Gasteiger partial charge in [-0.25, -0.2) is 9.55 Å². The molecule has 2 nitrogen and oxygen atoms in total. The lowest BCUT2D eigenvalue weighted by atomic mass is 10.4. The molecule has 3 heteroatoms. The molecule has 1 aromatic rings. The molecular formula is C8H13BrN2. The van der Waals surface area contributed by atoms with Gasteiger partial charge < -0.3 is 17.0 Å². The van der Waals surface area contributed by atoms with Gasteiger partial charge in [0.05, 0.1) is 6.04 Å². The van der Waals surface area contributed by atoms with Crippen molar-refractivity contribution in [3.05, 3.63) is 24.8 Å². The maximum atomic E-state index is 3.69. The van der Waals surface area contributed by atoms with Gasteiger partial charge in [-0.1, -0.05) is 6.58 Å². The summed E-state index contributed by atoms with van der Waals surface area (Å²) in [5.74, 6) is 1.06. The molecule has 62 valence electrons. The molecule has 0 saturated heterocycles. The fourth-order valence-electron chi connectivity index (χ4n) is 0.972. The first-order chi connectivity index (χ1) is 4.75. The van der Waals surface area contributed by atoms with Crippen LogP contribution in [0.4, 0.5) is 0 Å². The Bertz CT molecular complexity index is 228. The fourth-order valence-corrected chi connectivity index (χ4v) is 0.972. The summed E-state index contributed by atoms with van der Waals surface area (Å²) in [6.45, 7) is 7.97. The van der Waals surface area contributed by atoms with Crippen LogP contribution in [-0.2, 0) is 0 Å². The van der Waals surface area contributed by atoms with E-state index in [9.17, 15) is 0 Å². The molecule has 0 amide bonds. The molecule has 1 rings (SSSR count). The van der Waals surface area contributed by atoms with Crippen LogP contribution in [0.5, 0.6) is 0 Å². The molecule has 0 saturated carbocycles. The average Bonchev–Trinajstić information content (AvgIpc) is 2.33. The highest BCUT2D eigenvalue weighted by molar-refractivity contribution is 5.31. The molecule has 0 radical (unpaired) electrons. The first kappa shape index (κ1) is 10.4. The number of rotatable bonds is 2. The number of hydrogen-bond donors (Lipinski definition) is 1. The average molecular weight is 217 g/mol. The Morgan fingerprint density at radius 1 is 1.64 bits per heavy atom. The van der Waals surface area contributed by atoms with E-state index < -0.39 is 0 Å². The van der Waals surface area contributed by atoms with Crippen LogP contribution in [0.2, 0.25) is 0 Å². The largest absolute Gasteiger partial charge is 1.00 e. The topological polar surface area (TPSA) is 19.7 Å². The van der Waals surface area contributed by atoms with Crippen molar-refractivity contribution in [1.82, 2.24) is 4.98 Å². The molecule has 0 aromatic carbocycles. The van der Waals surface area contributed by atoms with Crippen molar-refractivity contribution in [2.45, 2.75) is 19.9 Å². The van der Waals surface area contributed by atoms with Crippen molar-refractivity contribution in [2.24, 2.45) is 0 Å². The maximum Gasteiger partial charge on any atom is 0.278 e. The second-order valence-electron chi connectivity index (χ2n) is 2.55. The Morgan fingerprint density at radius 2 is 2.27 bits per heavy atom. The van der Waals surface area contributed by atoms with Crippen LogP contribution in [0.1, 0.15) is 25.7 Å². The Morgan fingerprint density at radius 3 is 2.64 bits per heavy atom. The van der Waals surface area contributed by atoms with E-state index in [4.69, 9.17) is 0 Å². The molecule has 1 N–H and O–H groups in total. The number of nitrogens with one attached hydrogen (secondary N) is 1. The molecule has 0 aliphatic rings. The number of imidazole rings is 1. The number of hydrogen-bond acceptors (Lipinski definition) is 0. The third kappa shape index (κ3) is 2.19. The zero-order valence-corrected chi connectivity index (χ0v) is 8.43. The van der Waals surface area contributed by atoms with Crippen molar-refractivity contribution in [3.63, 3.8) is 0 Å². The summed E-state index contributed by atoms with van der Waals surface area (Å²) in [4.78, 5) is 3.08. The minimum Gasteiger partial charge on any atom is -1.00 e. The minimum absolute atomic E-state index is 0. The van der Waals surface area contributed by atoms with Crippen molar-refractivity contribution >= 4 is 6.08 Å². The Labute approximate surface area is 77.7 Å². The third-order valence-corrected chi connectivity index (χ3v) is 1.49. The van der Waals surface area contributed by atoms with Gasteiger partial charge in [-0.3, -0.25) is 0 Å². The quantitative estimate of drug-likeness (QED) is 0.583. The number of H-pyrrole nitrogens is 1. The van der Waals surface area contributed by atoms with Gasteiger partial charge in [0.2, 0.25) is 0 Å². The van der Waals surface area contributed by atoms with E-state index >= 15 is 0 Å². The van der Waals surface area contributed by atoms with Crippen LogP contribution in [0, 0.1) is 0 Å². The third-order valence-electron chi connectivity index (χ3n) is 1.49. The normalized spacial score (nSPS) is 9.36. The Hall–Kier alpha value is -0.570. The summed E-state index contributed by atoms with van der Waals surface area (Å²) in [5, 5.41) is 0. The van der Waals surface area contributed by atoms with Gasteiger partial charge in [-0.15, -0.1) is 0 Å². The highest BCUT2D eigenvalue weighted by Crippen LogP contribution is 1.95. The lowest BCUT2D eigenvalue weighted by molar-refractivity contribution is -0.716. The highest BCUT2D eigenvalue weighted by atomic mass is 79.9. The van der Waals surface area contributed by atoms with Crippen molar-refractivity contribution in [2.75, 3.05) is 0 Å². The second-order valence-corrected chi connectivity index (χ2v) is 2.55. The fraction of sp³-hybridized carbons (Fsp3) is 0.375. The molecular weight excluding hydrogens is 204 g/mol. The molecule has 0 aliphatic heterocycles. The Kier molecular flexibility index (Phi) is 4.11. The van der Waals surface area contributed by atoms with Gasteiger partial charge in [0.15, 0.2) is 0 Å². The van der Waals surface area contributed by atoms with Crippen LogP contribution >= 0.6 is 0 Å². The smallest absolute Gasteiger partial charge is 0.278 e. The molecule has 0 atom stereocenters. The maximum absolute atomic E-state index is 3.69. The van der Waals surface area contributed by atoms with Crippen molar-refractivity contribution in [1.29, 1.82) is 0 Å². The summed E-state index contributed by atoms with van der Waals surface area (Å²) in [6, 6.07) is 0.499. The molecule has 11 heavy (non-hydrogen) atoms. The Balaban J connectivity index is 0.000001000. The molecule has 0 bridgehead atoms. The van der Waals surface area contributed by atoms with Gasteiger partial charge in [-0.05, 0) is 13.8 Å². The van der Waals surface area contributed by atoms with E-state index in [2.05, 4.69) is 30.0 Å². The van der Waals surface area contributed by atoms with Crippen LogP contribution < -0.4 is 21.5 Å². The van der Waals surface area contributed by atoms with Crippen LogP contribution in [0.3, 0.4) is 0 Å². The van der Waals surface area contributed by atoms with Gasteiger partial charge in [0, 0.05) is 6.08 Å².